The highest BCUT2D eigenvalue weighted by Crippen LogP contribution is 2.00. The maximum atomic E-state index is 7.83. The third-order valence-electron chi connectivity index (χ3n) is 1.21. The Balaban J connectivity index is 0. The number of hydrogen-bond donors (Lipinski definition) is 0. The van der Waals surface area contributed by atoms with Gasteiger partial charge in [-0.25, -0.2) is 0 Å². The van der Waals surface area contributed by atoms with Crippen molar-refractivity contribution < 1.29 is 4.21 Å². The SMILES string of the molecule is CCCCCCC.O=S. The fourth-order valence-electron chi connectivity index (χ4n) is 0.677. The molecule has 0 aliphatic rings. The van der Waals surface area contributed by atoms with Crippen LogP contribution in [0.25, 0.3) is 0 Å². The zero-order valence-corrected chi connectivity index (χ0v) is 7.17. The molecule has 2 heteroatoms. The van der Waals surface area contributed by atoms with Gasteiger partial charge in [0.1, 0.15) is 0 Å². The van der Waals surface area contributed by atoms with Gasteiger partial charge >= 0.3 is 0 Å². The summed E-state index contributed by atoms with van der Waals surface area (Å²) in [6.45, 7) is 4.49. The molecule has 0 spiro atoms. The van der Waals surface area contributed by atoms with Gasteiger partial charge in [0.15, 0.2) is 12.5 Å². The number of unbranched alkanes of at least 4 members (excludes halogenated alkanes) is 4. The Morgan fingerprint density at radius 1 is 0.889 bits per heavy atom. The Bertz CT molecular complexity index is 35.9. The Morgan fingerprint density at radius 3 is 1.44 bits per heavy atom. The summed E-state index contributed by atoms with van der Waals surface area (Å²) >= 11 is 2.83. The van der Waals surface area contributed by atoms with Gasteiger partial charge in [0, 0.05) is 0 Å². The minimum atomic E-state index is 1.36. The summed E-state index contributed by atoms with van der Waals surface area (Å²) in [5, 5.41) is 0. The lowest BCUT2D eigenvalue weighted by Crippen LogP contribution is -1.70. The molecule has 0 radical (unpaired) electrons. The van der Waals surface area contributed by atoms with Gasteiger partial charge in [0.25, 0.3) is 0 Å². The van der Waals surface area contributed by atoms with Crippen LogP contribution in [0.4, 0.5) is 0 Å². The Labute approximate surface area is 63.4 Å². The van der Waals surface area contributed by atoms with E-state index in [0.29, 0.717) is 0 Å². The lowest BCUT2D eigenvalue weighted by molar-refractivity contribution is 0.656. The van der Waals surface area contributed by atoms with E-state index in [2.05, 4.69) is 26.4 Å². The summed E-state index contributed by atoms with van der Waals surface area (Å²) in [6.07, 6.45) is 7.01. The second kappa shape index (κ2) is 15.7. The molecule has 0 aliphatic heterocycles. The highest BCUT2D eigenvalue weighted by molar-refractivity contribution is 7.44. The highest BCUT2D eigenvalue weighted by Gasteiger charge is 1.80. The molecule has 0 saturated carbocycles. The Morgan fingerprint density at radius 2 is 1.22 bits per heavy atom. The van der Waals surface area contributed by atoms with E-state index in [1.54, 1.807) is 0 Å². The van der Waals surface area contributed by atoms with Crippen molar-refractivity contribution in [1.29, 1.82) is 0 Å². The third kappa shape index (κ3) is 18.0. The molecule has 0 amide bonds. The van der Waals surface area contributed by atoms with Crippen molar-refractivity contribution in [3.05, 3.63) is 0 Å². The van der Waals surface area contributed by atoms with Crippen molar-refractivity contribution in [2.24, 2.45) is 0 Å². The molecule has 0 bridgehead atoms. The van der Waals surface area contributed by atoms with Crippen LogP contribution in [-0.4, -0.2) is 4.21 Å². The van der Waals surface area contributed by atoms with Gasteiger partial charge in [0.2, 0.25) is 0 Å². The second-order valence-electron chi connectivity index (χ2n) is 2.06. The van der Waals surface area contributed by atoms with Crippen LogP contribution in [0.2, 0.25) is 0 Å². The van der Waals surface area contributed by atoms with Crippen LogP contribution in [0.1, 0.15) is 46.0 Å². The Kier molecular flexibility index (Phi) is 20.5. The fraction of sp³-hybridized carbons (Fsp3) is 1.00. The molecule has 0 aliphatic carbocycles. The van der Waals surface area contributed by atoms with E-state index in [1.165, 1.54) is 32.1 Å². The average molecular weight is 148 g/mol. The number of rotatable bonds is 4. The van der Waals surface area contributed by atoms with E-state index in [1.807, 2.05) is 0 Å². The molecule has 9 heavy (non-hydrogen) atoms. The van der Waals surface area contributed by atoms with Gasteiger partial charge in [0.05, 0.1) is 0 Å². The van der Waals surface area contributed by atoms with Crippen molar-refractivity contribution in [3.8, 4) is 0 Å². The van der Waals surface area contributed by atoms with E-state index in [0.717, 1.165) is 0 Å². The normalized spacial score (nSPS) is 7.78. The van der Waals surface area contributed by atoms with E-state index in [4.69, 9.17) is 4.21 Å². The molecule has 0 aromatic heterocycles. The lowest BCUT2D eigenvalue weighted by atomic mass is 10.2. The zero-order chi connectivity index (χ0) is 7.54. The minimum Gasteiger partial charge on any atom is -0.197 e. The van der Waals surface area contributed by atoms with Crippen LogP contribution in [0.5, 0.6) is 0 Å². The largest absolute Gasteiger partial charge is 0.197 e. The van der Waals surface area contributed by atoms with Crippen molar-refractivity contribution in [1.82, 2.24) is 0 Å². The van der Waals surface area contributed by atoms with Gasteiger partial charge < -0.3 is 0 Å². The quantitative estimate of drug-likeness (QED) is 0.570. The maximum absolute atomic E-state index is 7.83. The summed E-state index contributed by atoms with van der Waals surface area (Å²) in [5.41, 5.74) is 0. The number of hydrogen-bond acceptors (Lipinski definition) is 2. The summed E-state index contributed by atoms with van der Waals surface area (Å²) in [4.78, 5) is 0. The standard InChI is InChI=1S/C7H16.OS/c1-3-5-7-6-4-2;1-2/h3-7H2,1-2H3;. The summed E-state index contributed by atoms with van der Waals surface area (Å²) in [7, 11) is 0. The van der Waals surface area contributed by atoms with Gasteiger partial charge in [-0.05, 0) is 0 Å². The first kappa shape index (κ1) is 11.8. The summed E-state index contributed by atoms with van der Waals surface area (Å²) < 4.78 is 7.83. The van der Waals surface area contributed by atoms with Crippen molar-refractivity contribution in [3.63, 3.8) is 0 Å². The lowest BCUT2D eigenvalue weighted by Gasteiger charge is -1.90. The first-order valence-electron chi connectivity index (χ1n) is 3.58. The summed E-state index contributed by atoms with van der Waals surface area (Å²) in [5.74, 6) is 0. The molecule has 0 rings (SSSR count). The van der Waals surface area contributed by atoms with Crippen LogP contribution < -0.4 is 0 Å². The smallest absolute Gasteiger partial charge is 0.197 e. The molecule has 1 nitrogen and oxygen atoms in total. The molecule has 0 aromatic rings. The molecule has 0 unspecified atom stereocenters. The fourth-order valence-corrected chi connectivity index (χ4v) is 0.677. The molecule has 0 N–H and O–H groups in total. The van der Waals surface area contributed by atoms with Crippen LogP contribution in [0.3, 0.4) is 0 Å². The van der Waals surface area contributed by atoms with Crippen LogP contribution in [-0.2, 0) is 12.5 Å². The van der Waals surface area contributed by atoms with Crippen molar-refractivity contribution in [2.75, 3.05) is 0 Å². The van der Waals surface area contributed by atoms with Gasteiger partial charge in [-0.1, -0.05) is 46.0 Å². The van der Waals surface area contributed by atoms with Crippen LogP contribution >= 0.6 is 0 Å². The van der Waals surface area contributed by atoms with Crippen molar-refractivity contribution >= 4 is 12.5 Å². The third-order valence-corrected chi connectivity index (χ3v) is 1.21. The van der Waals surface area contributed by atoms with Gasteiger partial charge in [-0.15, -0.1) is 0 Å². The second-order valence-corrected chi connectivity index (χ2v) is 2.06. The van der Waals surface area contributed by atoms with E-state index in [9.17, 15) is 0 Å². The molecular formula is C7H16OS. The first-order chi connectivity index (χ1) is 4.41. The average Bonchev–Trinajstić information content (AvgIpc) is 1.94. The maximum Gasteiger partial charge on any atom is 0.197 e. The zero-order valence-electron chi connectivity index (χ0n) is 6.35. The predicted octanol–water partition coefficient (Wildman–Crippen LogP) is 2.64. The Hall–Kier alpha value is 0.0200. The first-order valence-corrected chi connectivity index (χ1v) is 3.91. The molecule has 0 heterocycles. The minimum absolute atomic E-state index is 1.36. The molecular weight excluding hydrogens is 132 g/mol. The topological polar surface area (TPSA) is 17.1 Å². The van der Waals surface area contributed by atoms with Crippen LogP contribution in [0, 0.1) is 0 Å². The van der Waals surface area contributed by atoms with Gasteiger partial charge in [-0.2, -0.15) is 4.21 Å². The highest BCUT2D eigenvalue weighted by atomic mass is 32.1. The molecule has 0 saturated heterocycles. The monoisotopic (exact) mass is 148 g/mol. The van der Waals surface area contributed by atoms with E-state index >= 15 is 0 Å². The predicted molar refractivity (Wildman–Crippen MR) is 42.6 cm³/mol. The summed E-state index contributed by atoms with van der Waals surface area (Å²) in [6, 6.07) is 0. The molecule has 0 aromatic carbocycles. The molecule has 0 fully saturated rings. The van der Waals surface area contributed by atoms with Crippen molar-refractivity contribution in [2.45, 2.75) is 46.0 Å². The van der Waals surface area contributed by atoms with Gasteiger partial charge in [-0.3, -0.25) is 0 Å². The van der Waals surface area contributed by atoms with E-state index in [-0.39, 0.29) is 0 Å². The van der Waals surface area contributed by atoms with Crippen LogP contribution in [0.15, 0.2) is 0 Å². The van der Waals surface area contributed by atoms with E-state index < -0.39 is 0 Å². The molecule has 56 valence electrons. The molecule has 0 atom stereocenters.